The fourth-order valence-corrected chi connectivity index (χ4v) is 1.98. The molecule has 2 amide bonds. The molecule has 0 aliphatic carbocycles. The van der Waals surface area contributed by atoms with Crippen LogP contribution in [0.25, 0.3) is 0 Å². The summed E-state index contributed by atoms with van der Waals surface area (Å²) in [7, 11) is 0. The van der Waals surface area contributed by atoms with Crippen molar-refractivity contribution in [2.75, 3.05) is 16.8 Å². The fraction of sp³-hybridized carbons (Fsp3) is 0.125. The lowest BCUT2D eigenvalue weighted by Gasteiger charge is -2.21. The van der Waals surface area contributed by atoms with Crippen LogP contribution in [0.2, 0.25) is 0 Å². The van der Waals surface area contributed by atoms with Crippen LogP contribution in [-0.2, 0) is 4.79 Å². The van der Waals surface area contributed by atoms with Crippen LogP contribution in [-0.4, -0.2) is 18.9 Å². The average molecular weight is 268 g/mol. The lowest BCUT2D eigenvalue weighted by atomic mass is 10.1. The van der Waals surface area contributed by atoms with E-state index < -0.39 is 0 Å². The van der Waals surface area contributed by atoms with Crippen molar-refractivity contribution in [2.45, 2.75) is 6.92 Å². The molecular weight excluding hydrogens is 252 g/mol. The van der Waals surface area contributed by atoms with Crippen LogP contribution in [0.4, 0.5) is 11.4 Å². The molecule has 2 aromatic carbocycles. The van der Waals surface area contributed by atoms with Crippen LogP contribution in [0, 0.1) is 0 Å². The van der Waals surface area contributed by atoms with Gasteiger partial charge in [-0.2, -0.15) is 0 Å². The number of para-hydroxylation sites is 1. The summed E-state index contributed by atoms with van der Waals surface area (Å²) in [5, 5.41) is 2.54. The van der Waals surface area contributed by atoms with Crippen LogP contribution < -0.4 is 10.2 Å². The lowest BCUT2D eigenvalue weighted by molar-refractivity contribution is -0.105. The summed E-state index contributed by atoms with van der Waals surface area (Å²) in [6, 6.07) is 16.4. The molecule has 2 aromatic rings. The van der Waals surface area contributed by atoms with Gasteiger partial charge in [-0.1, -0.05) is 18.2 Å². The third kappa shape index (κ3) is 3.03. The Bertz CT molecular complexity index is 579. The Balaban J connectivity index is 2.22. The smallest absolute Gasteiger partial charge is 0.258 e. The summed E-state index contributed by atoms with van der Waals surface area (Å²) in [5.41, 5.74) is 2.13. The van der Waals surface area contributed by atoms with E-state index >= 15 is 0 Å². The Hall–Kier alpha value is -2.62. The molecule has 102 valence electrons. The highest BCUT2D eigenvalue weighted by Crippen LogP contribution is 2.17. The van der Waals surface area contributed by atoms with E-state index in [1.165, 1.54) is 0 Å². The van der Waals surface area contributed by atoms with Gasteiger partial charge in [-0.05, 0) is 43.3 Å². The van der Waals surface area contributed by atoms with Crippen molar-refractivity contribution < 1.29 is 9.59 Å². The molecule has 0 saturated heterocycles. The number of hydrogen-bond acceptors (Lipinski definition) is 2. The van der Waals surface area contributed by atoms with Crippen molar-refractivity contribution in [1.29, 1.82) is 0 Å². The number of rotatable bonds is 5. The average Bonchev–Trinajstić information content (AvgIpc) is 2.50. The number of carbonyl (C=O) groups excluding carboxylic acids is 2. The minimum absolute atomic E-state index is 0.0589. The van der Waals surface area contributed by atoms with Crippen LogP contribution >= 0.6 is 0 Å². The zero-order valence-electron chi connectivity index (χ0n) is 11.2. The summed E-state index contributed by atoms with van der Waals surface area (Å²) >= 11 is 0. The molecule has 0 bridgehead atoms. The second kappa shape index (κ2) is 6.52. The monoisotopic (exact) mass is 268 g/mol. The molecule has 2 rings (SSSR count). The SMILES string of the molecule is CCN(C(=O)c1ccc(NC=O)cc1)c1ccccc1. The van der Waals surface area contributed by atoms with Crippen molar-refractivity contribution in [3.8, 4) is 0 Å². The van der Waals surface area contributed by atoms with Crippen LogP contribution in [0.1, 0.15) is 17.3 Å². The first kappa shape index (κ1) is 13.8. The predicted molar refractivity (Wildman–Crippen MR) is 79.9 cm³/mol. The Morgan fingerprint density at radius 2 is 1.75 bits per heavy atom. The van der Waals surface area contributed by atoms with E-state index in [4.69, 9.17) is 0 Å². The zero-order chi connectivity index (χ0) is 14.4. The van der Waals surface area contributed by atoms with Crippen molar-refractivity contribution in [2.24, 2.45) is 0 Å². The van der Waals surface area contributed by atoms with Crippen molar-refractivity contribution in [3.05, 3.63) is 60.2 Å². The Morgan fingerprint density at radius 3 is 2.30 bits per heavy atom. The molecule has 0 saturated carbocycles. The van der Waals surface area contributed by atoms with Crippen LogP contribution in [0.15, 0.2) is 54.6 Å². The predicted octanol–water partition coefficient (Wildman–Crippen LogP) is 2.92. The number of nitrogens with zero attached hydrogens (tertiary/aromatic N) is 1. The van der Waals surface area contributed by atoms with Gasteiger partial charge < -0.3 is 10.2 Å². The quantitative estimate of drug-likeness (QED) is 0.848. The fourth-order valence-electron chi connectivity index (χ4n) is 1.98. The number of anilines is 2. The molecule has 0 aliphatic heterocycles. The summed E-state index contributed by atoms with van der Waals surface area (Å²) < 4.78 is 0. The van der Waals surface area contributed by atoms with Gasteiger partial charge in [0.25, 0.3) is 5.91 Å². The first-order chi connectivity index (χ1) is 9.76. The highest BCUT2D eigenvalue weighted by Gasteiger charge is 2.15. The maximum Gasteiger partial charge on any atom is 0.258 e. The van der Waals surface area contributed by atoms with Gasteiger partial charge in [0.05, 0.1) is 0 Å². The van der Waals surface area contributed by atoms with Crippen LogP contribution in [0.3, 0.4) is 0 Å². The van der Waals surface area contributed by atoms with Gasteiger partial charge in [0.1, 0.15) is 0 Å². The number of nitrogens with one attached hydrogen (secondary N) is 1. The van der Waals surface area contributed by atoms with E-state index in [2.05, 4.69) is 5.32 Å². The molecule has 1 N–H and O–H groups in total. The van der Waals surface area contributed by atoms with Gasteiger partial charge in [0, 0.05) is 23.5 Å². The molecule has 0 aliphatic rings. The second-order valence-electron chi connectivity index (χ2n) is 4.22. The van der Waals surface area contributed by atoms with Gasteiger partial charge in [-0.15, -0.1) is 0 Å². The minimum atomic E-state index is -0.0589. The van der Waals surface area contributed by atoms with Gasteiger partial charge in [-0.3, -0.25) is 9.59 Å². The number of amides is 2. The zero-order valence-corrected chi connectivity index (χ0v) is 11.2. The lowest BCUT2D eigenvalue weighted by Crippen LogP contribution is -2.30. The second-order valence-corrected chi connectivity index (χ2v) is 4.22. The van der Waals surface area contributed by atoms with Gasteiger partial charge in [0.2, 0.25) is 6.41 Å². The molecule has 0 radical (unpaired) electrons. The Labute approximate surface area is 118 Å². The number of benzene rings is 2. The van der Waals surface area contributed by atoms with E-state index in [-0.39, 0.29) is 5.91 Å². The third-order valence-corrected chi connectivity index (χ3v) is 2.99. The summed E-state index contributed by atoms with van der Waals surface area (Å²) in [6.07, 6.45) is 0.610. The number of hydrogen-bond donors (Lipinski definition) is 1. The van der Waals surface area contributed by atoms with Gasteiger partial charge >= 0.3 is 0 Å². The molecular formula is C16H16N2O2. The Kier molecular flexibility index (Phi) is 4.50. The first-order valence-electron chi connectivity index (χ1n) is 6.43. The van der Waals surface area contributed by atoms with Crippen molar-refractivity contribution in [1.82, 2.24) is 0 Å². The molecule has 0 spiro atoms. The van der Waals surface area contributed by atoms with Crippen molar-refractivity contribution >= 4 is 23.7 Å². The van der Waals surface area contributed by atoms with E-state index in [1.807, 2.05) is 37.3 Å². The summed E-state index contributed by atoms with van der Waals surface area (Å²) in [4.78, 5) is 24.5. The molecule has 0 heterocycles. The standard InChI is InChI=1S/C16H16N2O2/c1-2-18(15-6-4-3-5-7-15)16(20)13-8-10-14(11-9-13)17-12-19/h3-12H,2H2,1H3,(H,17,19). The highest BCUT2D eigenvalue weighted by atomic mass is 16.2. The van der Waals surface area contributed by atoms with Gasteiger partial charge in [-0.25, -0.2) is 0 Å². The van der Waals surface area contributed by atoms with E-state index in [1.54, 1.807) is 29.2 Å². The van der Waals surface area contributed by atoms with Gasteiger partial charge in [0.15, 0.2) is 0 Å². The topological polar surface area (TPSA) is 49.4 Å². The normalized spacial score (nSPS) is 9.85. The number of carbonyl (C=O) groups is 2. The molecule has 0 aromatic heterocycles. The molecule has 4 heteroatoms. The molecule has 0 fully saturated rings. The van der Waals surface area contributed by atoms with Crippen LogP contribution in [0.5, 0.6) is 0 Å². The van der Waals surface area contributed by atoms with Crippen molar-refractivity contribution in [3.63, 3.8) is 0 Å². The maximum absolute atomic E-state index is 12.5. The van der Waals surface area contributed by atoms with E-state index in [0.717, 1.165) is 5.69 Å². The van der Waals surface area contributed by atoms with E-state index in [9.17, 15) is 9.59 Å². The molecule has 0 atom stereocenters. The summed E-state index contributed by atoms with van der Waals surface area (Å²) in [5.74, 6) is -0.0589. The molecule has 20 heavy (non-hydrogen) atoms. The maximum atomic E-state index is 12.5. The third-order valence-electron chi connectivity index (χ3n) is 2.99. The largest absolute Gasteiger partial charge is 0.329 e. The van der Waals surface area contributed by atoms with E-state index in [0.29, 0.717) is 24.2 Å². The Morgan fingerprint density at radius 1 is 1.10 bits per heavy atom. The first-order valence-corrected chi connectivity index (χ1v) is 6.43. The summed E-state index contributed by atoms with van der Waals surface area (Å²) in [6.45, 7) is 2.53. The molecule has 4 nitrogen and oxygen atoms in total. The highest BCUT2D eigenvalue weighted by molar-refractivity contribution is 6.06. The minimum Gasteiger partial charge on any atom is -0.329 e. The molecule has 0 unspecified atom stereocenters.